The summed E-state index contributed by atoms with van der Waals surface area (Å²) < 4.78 is 14.3. The minimum absolute atomic E-state index is 0. The number of nitrogens with zero attached hydrogens (tertiary/aromatic N) is 3. The first-order valence-corrected chi connectivity index (χ1v) is 23.1. The van der Waals surface area contributed by atoms with Gasteiger partial charge in [-0.15, -0.1) is 42.0 Å². The summed E-state index contributed by atoms with van der Waals surface area (Å²) in [6.07, 6.45) is 6.39. The van der Waals surface area contributed by atoms with Crippen molar-refractivity contribution in [1.82, 2.24) is 14.5 Å². The third-order valence-electron chi connectivity index (χ3n) is 10.4. The fourth-order valence-electron chi connectivity index (χ4n) is 7.74. The van der Waals surface area contributed by atoms with Crippen LogP contribution in [0.15, 0.2) is 161 Å². The molecule has 0 N–H and O–H groups in total. The normalized spacial score (nSPS) is 11.6. The van der Waals surface area contributed by atoms with Crippen LogP contribution in [0.5, 0.6) is 0 Å². The SMILES string of the molecule is CC(C)Cc1cc(-c2[c-]cccc2)ncc1[Si](C)(C)C.[Ir].[c-]1oc2cc(-c3ccccc3)ccc2c1-c1nc2ccccc2n1-c1ccc2c(c1)oc1ccccc12. The molecule has 0 atom stereocenters. The number of benzene rings is 6. The van der Waals surface area contributed by atoms with E-state index in [-0.39, 0.29) is 20.1 Å². The van der Waals surface area contributed by atoms with Gasteiger partial charge in [0.25, 0.3) is 0 Å². The van der Waals surface area contributed by atoms with Crippen molar-refractivity contribution < 1.29 is 28.9 Å². The second kappa shape index (κ2) is 16.2. The van der Waals surface area contributed by atoms with Gasteiger partial charge in [-0.25, -0.2) is 0 Å². The fourth-order valence-corrected chi connectivity index (χ4v) is 9.33. The first-order chi connectivity index (χ1) is 27.7. The summed E-state index contributed by atoms with van der Waals surface area (Å²) >= 11 is 0. The number of furan rings is 2. The molecule has 0 aliphatic heterocycles. The fraction of sp³-hybridized carbons (Fsp3) is 0.137. The molecule has 6 aromatic carbocycles. The van der Waals surface area contributed by atoms with E-state index in [4.69, 9.17) is 13.8 Å². The summed E-state index contributed by atoms with van der Waals surface area (Å²) in [6, 6.07) is 52.8. The number of hydrogen-bond acceptors (Lipinski definition) is 4. The maximum absolute atomic E-state index is 6.20. The molecular weight excluding hydrogens is 907 g/mol. The Morgan fingerprint density at radius 3 is 2.22 bits per heavy atom. The molecule has 4 heterocycles. The zero-order chi connectivity index (χ0) is 39.1. The van der Waals surface area contributed by atoms with Crippen LogP contribution in [-0.4, -0.2) is 22.6 Å². The number of rotatable bonds is 7. The summed E-state index contributed by atoms with van der Waals surface area (Å²) in [7, 11) is -1.34. The van der Waals surface area contributed by atoms with Crippen LogP contribution in [0.4, 0.5) is 0 Å². The maximum atomic E-state index is 6.20. The summed E-state index contributed by atoms with van der Waals surface area (Å²) in [5.74, 6) is 1.45. The van der Waals surface area contributed by atoms with Gasteiger partial charge >= 0.3 is 0 Å². The number of fused-ring (bicyclic) bond motifs is 5. The summed E-state index contributed by atoms with van der Waals surface area (Å²) in [5.41, 5.74) is 12.1. The van der Waals surface area contributed by atoms with E-state index in [0.29, 0.717) is 5.92 Å². The Balaban J connectivity index is 0.000000191. The Kier molecular flexibility index (Phi) is 10.9. The Labute approximate surface area is 353 Å². The quantitative estimate of drug-likeness (QED) is 0.118. The first-order valence-electron chi connectivity index (χ1n) is 19.6. The van der Waals surface area contributed by atoms with Gasteiger partial charge in [0.05, 0.1) is 24.9 Å². The maximum Gasteiger partial charge on any atom is 0.137 e. The minimum atomic E-state index is -1.34. The molecule has 58 heavy (non-hydrogen) atoms. The van der Waals surface area contributed by atoms with Crippen molar-refractivity contribution in [3.63, 3.8) is 0 Å². The van der Waals surface area contributed by atoms with Crippen molar-refractivity contribution >= 4 is 57.2 Å². The van der Waals surface area contributed by atoms with Crippen LogP contribution in [0.25, 0.3) is 83.4 Å². The van der Waals surface area contributed by atoms with Crippen LogP contribution in [-0.2, 0) is 26.5 Å². The number of para-hydroxylation sites is 3. The zero-order valence-electron chi connectivity index (χ0n) is 33.2. The number of pyridine rings is 1. The zero-order valence-corrected chi connectivity index (χ0v) is 36.6. The van der Waals surface area contributed by atoms with Crippen molar-refractivity contribution in [3.05, 3.63) is 170 Å². The average Bonchev–Trinajstić information content (AvgIpc) is 3.94. The van der Waals surface area contributed by atoms with E-state index in [1.165, 1.54) is 10.8 Å². The van der Waals surface area contributed by atoms with Crippen LogP contribution in [0, 0.1) is 18.2 Å². The Morgan fingerprint density at radius 2 is 1.43 bits per heavy atom. The molecule has 0 aliphatic carbocycles. The predicted octanol–water partition coefficient (Wildman–Crippen LogP) is 13.1. The molecule has 0 amide bonds. The van der Waals surface area contributed by atoms with E-state index < -0.39 is 8.07 Å². The van der Waals surface area contributed by atoms with Crippen molar-refractivity contribution in [2.45, 2.75) is 39.9 Å². The molecule has 7 heteroatoms. The van der Waals surface area contributed by atoms with Gasteiger partial charge in [-0.1, -0.05) is 129 Å². The molecule has 0 fully saturated rings. The van der Waals surface area contributed by atoms with E-state index in [1.807, 2.05) is 72.8 Å². The number of imidazole rings is 1. The Morgan fingerprint density at radius 1 is 0.690 bits per heavy atom. The smallest absolute Gasteiger partial charge is 0.137 e. The molecule has 5 nitrogen and oxygen atoms in total. The molecule has 0 saturated heterocycles. The van der Waals surface area contributed by atoms with Crippen LogP contribution < -0.4 is 5.19 Å². The van der Waals surface area contributed by atoms with Crippen molar-refractivity contribution in [1.29, 1.82) is 0 Å². The third kappa shape index (κ3) is 7.61. The molecular formula is C51H43IrN3O2Si-2. The first kappa shape index (κ1) is 39.0. The second-order valence-electron chi connectivity index (χ2n) is 16.0. The molecule has 4 aromatic heterocycles. The Hall–Kier alpha value is -5.85. The molecule has 10 aromatic rings. The van der Waals surface area contributed by atoms with Gasteiger partial charge in [0.15, 0.2) is 0 Å². The standard InChI is InChI=1S/C33H19N2O2.C18H24NSi.Ir/c1-2-8-21(9-3-1)22-14-16-26-27(20-36-31(26)18-22)33-34-28-11-5-6-12-29(28)35(33)23-15-17-25-24-10-4-7-13-30(24)37-32(25)19-23;1-14(2)11-16-12-17(15-9-7-6-8-10-15)19-13-18(16)20(3,4)5;/h1-19H;6-9,12-14H,11H2,1-5H3;/q2*-1;. The monoisotopic (exact) mass is 950 g/mol. The van der Waals surface area contributed by atoms with Gasteiger partial charge in [0.1, 0.15) is 11.2 Å². The topological polar surface area (TPSA) is 57.0 Å². The van der Waals surface area contributed by atoms with E-state index >= 15 is 0 Å². The van der Waals surface area contributed by atoms with Crippen LogP contribution >= 0.6 is 0 Å². The summed E-state index contributed by atoms with van der Waals surface area (Å²) in [4.78, 5) is 9.71. The van der Waals surface area contributed by atoms with Gasteiger partial charge in [-0.05, 0) is 64.7 Å². The predicted molar refractivity (Wildman–Crippen MR) is 238 cm³/mol. The van der Waals surface area contributed by atoms with Gasteiger partial charge in [-0.3, -0.25) is 4.98 Å². The van der Waals surface area contributed by atoms with E-state index in [0.717, 1.165) is 89.8 Å². The average molecular weight is 950 g/mol. The molecule has 1 radical (unpaired) electrons. The van der Waals surface area contributed by atoms with E-state index in [9.17, 15) is 0 Å². The van der Waals surface area contributed by atoms with Crippen LogP contribution in [0.1, 0.15) is 19.4 Å². The number of hydrogen-bond donors (Lipinski definition) is 0. The van der Waals surface area contributed by atoms with Gasteiger partial charge in [-0.2, -0.15) is 0 Å². The molecule has 10 rings (SSSR count). The van der Waals surface area contributed by atoms with E-state index in [1.54, 1.807) is 0 Å². The van der Waals surface area contributed by atoms with E-state index in [2.05, 4.69) is 134 Å². The second-order valence-corrected chi connectivity index (χ2v) is 21.1. The molecule has 0 aliphatic rings. The van der Waals surface area contributed by atoms with Crippen LogP contribution in [0.3, 0.4) is 0 Å². The van der Waals surface area contributed by atoms with Crippen molar-refractivity contribution in [2.24, 2.45) is 5.92 Å². The summed E-state index contributed by atoms with van der Waals surface area (Å²) in [5, 5.41) is 4.68. The van der Waals surface area contributed by atoms with Gasteiger partial charge in [0.2, 0.25) is 0 Å². The molecule has 0 unspecified atom stereocenters. The molecule has 0 bridgehead atoms. The molecule has 289 valence electrons. The van der Waals surface area contributed by atoms with Crippen molar-refractivity contribution in [3.8, 4) is 39.5 Å². The van der Waals surface area contributed by atoms with Crippen LogP contribution in [0.2, 0.25) is 19.6 Å². The third-order valence-corrected chi connectivity index (χ3v) is 12.5. The number of aromatic nitrogens is 3. The van der Waals surface area contributed by atoms with Gasteiger partial charge in [0, 0.05) is 60.7 Å². The minimum Gasteiger partial charge on any atom is -0.557 e. The van der Waals surface area contributed by atoms with Crippen molar-refractivity contribution in [2.75, 3.05) is 0 Å². The molecule has 0 spiro atoms. The largest absolute Gasteiger partial charge is 0.557 e. The van der Waals surface area contributed by atoms with Gasteiger partial charge < -0.3 is 18.4 Å². The summed E-state index contributed by atoms with van der Waals surface area (Å²) in [6.45, 7) is 11.7. The molecule has 0 saturated carbocycles. The Bertz CT molecular complexity index is 3010.